The van der Waals surface area contributed by atoms with Crippen molar-refractivity contribution in [3.63, 3.8) is 0 Å². The van der Waals surface area contributed by atoms with Gasteiger partial charge in [0.2, 0.25) is 5.91 Å². The van der Waals surface area contributed by atoms with Crippen LogP contribution < -0.4 is 5.32 Å². The number of amides is 1. The number of H-pyrrole nitrogens is 1. The van der Waals surface area contributed by atoms with Gasteiger partial charge in [0.1, 0.15) is 12.2 Å². The van der Waals surface area contributed by atoms with E-state index in [0.29, 0.717) is 18.5 Å². The average molecular weight is 288 g/mol. The molecule has 1 heterocycles. The lowest BCUT2D eigenvalue weighted by molar-refractivity contribution is -0.120. The number of nitrogens with one attached hydrogen (secondary N) is 2. The van der Waals surface area contributed by atoms with E-state index in [9.17, 15) is 9.59 Å². The molecule has 0 aliphatic heterocycles. The number of hydrogen-bond acceptors (Lipinski definition) is 4. The van der Waals surface area contributed by atoms with Crippen LogP contribution in [0.15, 0.2) is 30.6 Å². The Morgan fingerprint density at radius 1 is 1.29 bits per heavy atom. The second-order valence-corrected chi connectivity index (χ2v) is 4.52. The highest BCUT2D eigenvalue weighted by Crippen LogP contribution is 2.09. The highest BCUT2D eigenvalue weighted by molar-refractivity contribution is 5.91. The van der Waals surface area contributed by atoms with Crippen LogP contribution in [0.5, 0.6) is 0 Å². The number of benzene rings is 1. The highest BCUT2D eigenvalue weighted by atomic mass is 16.4. The number of carbonyl (C=O) groups is 2. The lowest BCUT2D eigenvalue weighted by Crippen LogP contribution is -2.27. The Morgan fingerprint density at radius 2 is 2.10 bits per heavy atom. The standard InChI is InChI=1S/C14H16N4O3/c19-13(15-7-3-6-12-16-9-17-18-12)8-10-4-1-2-5-11(10)14(20)21/h1-2,4-5,9H,3,6-8H2,(H,15,19)(H,20,21)(H,16,17,18). The van der Waals surface area contributed by atoms with Crippen molar-refractivity contribution in [2.24, 2.45) is 0 Å². The van der Waals surface area contributed by atoms with Gasteiger partial charge in [-0.1, -0.05) is 18.2 Å². The van der Waals surface area contributed by atoms with Gasteiger partial charge in [-0.2, -0.15) is 5.10 Å². The Bertz CT molecular complexity index is 610. The van der Waals surface area contributed by atoms with Crippen molar-refractivity contribution in [3.05, 3.63) is 47.5 Å². The SMILES string of the molecule is O=C(Cc1ccccc1C(=O)O)NCCCc1ncn[nH]1. The van der Waals surface area contributed by atoms with E-state index in [1.54, 1.807) is 18.2 Å². The van der Waals surface area contributed by atoms with Gasteiger partial charge in [0.15, 0.2) is 0 Å². The van der Waals surface area contributed by atoms with Crippen molar-refractivity contribution in [1.82, 2.24) is 20.5 Å². The molecule has 2 rings (SSSR count). The molecule has 3 N–H and O–H groups in total. The fourth-order valence-corrected chi connectivity index (χ4v) is 1.95. The third-order valence-electron chi connectivity index (χ3n) is 2.98. The summed E-state index contributed by atoms with van der Waals surface area (Å²) in [6, 6.07) is 6.51. The van der Waals surface area contributed by atoms with E-state index < -0.39 is 5.97 Å². The van der Waals surface area contributed by atoms with Crippen molar-refractivity contribution >= 4 is 11.9 Å². The first-order chi connectivity index (χ1) is 10.2. The van der Waals surface area contributed by atoms with Gasteiger partial charge >= 0.3 is 5.97 Å². The van der Waals surface area contributed by atoms with E-state index in [4.69, 9.17) is 5.11 Å². The first-order valence-electron chi connectivity index (χ1n) is 6.59. The maximum absolute atomic E-state index is 11.8. The van der Waals surface area contributed by atoms with Gasteiger partial charge in [-0.25, -0.2) is 9.78 Å². The number of aromatic amines is 1. The molecule has 0 saturated carbocycles. The Morgan fingerprint density at radius 3 is 2.81 bits per heavy atom. The van der Waals surface area contributed by atoms with Gasteiger partial charge < -0.3 is 10.4 Å². The summed E-state index contributed by atoms with van der Waals surface area (Å²) in [5.41, 5.74) is 0.673. The number of rotatable bonds is 7. The molecule has 1 aromatic heterocycles. The summed E-state index contributed by atoms with van der Waals surface area (Å²) in [6.07, 6.45) is 2.94. The minimum absolute atomic E-state index is 0.0603. The van der Waals surface area contributed by atoms with Crippen molar-refractivity contribution in [2.45, 2.75) is 19.3 Å². The third-order valence-corrected chi connectivity index (χ3v) is 2.98. The van der Waals surface area contributed by atoms with Crippen LogP contribution in [0.25, 0.3) is 0 Å². The zero-order valence-corrected chi connectivity index (χ0v) is 11.4. The van der Waals surface area contributed by atoms with Crippen molar-refractivity contribution < 1.29 is 14.7 Å². The number of carboxylic acids is 1. The molecule has 1 aromatic carbocycles. The van der Waals surface area contributed by atoms with Crippen LogP contribution in [0.3, 0.4) is 0 Å². The number of carboxylic acid groups (broad SMARTS) is 1. The Labute approximate surface area is 121 Å². The highest BCUT2D eigenvalue weighted by Gasteiger charge is 2.12. The quantitative estimate of drug-likeness (QED) is 0.653. The van der Waals surface area contributed by atoms with Gasteiger partial charge in [-0.15, -0.1) is 0 Å². The lowest BCUT2D eigenvalue weighted by atomic mass is 10.0. The van der Waals surface area contributed by atoms with E-state index >= 15 is 0 Å². The van der Waals surface area contributed by atoms with Crippen LogP contribution in [0.1, 0.15) is 28.2 Å². The molecule has 0 aliphatic carbocycles. The molecule has 7 nitrogen and oxygen atoms in total. The number of hydrogen-bond donors (Lipinski definition) is 3. The molecular formula is C14H16N4O3. The first kappa shape index (κ1) is 14.7. The number of carbonyl (C=O) groups excluding carboxylic acids is 1. The van der Waals surface area contributed by atoms with Crippen LogP contribution in [0, 0.1) is 0 Å². The van der Waals surface area contributed by atoms with E-state index in [0.717, 1.165) is 12.2 Å². The molecule has 21 heavy (non-hydrogen) atoms. The Kier molecular flexibility index (Phi) is 5.03. The van der Waals surface area contributed by atoms with Crippen LogP contribution in [-0.2, 0) is 17.6 Å². The second kappa shape index (κ2) is 7.18. The summed E-state index contributed by atoms with van der Waals surface area (Å²) < 4.78 is 0. The molecule has 0 bridgehead atoms. The Hall–Kier alpha value is -2.70. The molecule has 1 amide bonds. The first-order valence-corrected chi connectivity index (χ1v) is 6.59. The number of aromatic nitrogens is 3. The normalized spacial score (nSPS) is 10.3. The van der Waals surface area contributed by atoms with Gasteiger partial charge in [0.25, 0.3) is 0 Å². The molecule has 0 unspecified atom stereocenters. The van der Waals surface area contributed by atoms with Crippen LogP contribution >= 0.6 is 0 Å². The van der Waals surface area contributed by atoms with Crippen LogP contribution in [-0.4, -0.2) is 38.7 Å². The summed E-state index contributed by atoms with van der Waals surface area (Å²) in [7, 11) is 0. The minimum atomic E-state index is -1.02. The molecule has 0 spiro atoms. The van der Waals surface area contributed by atoms with Gasteiger partial charge in [0, 0.05) is 13.0 Å². The summed E-state index contributed by atoms with van der Waals surface area (Å²) in [5, 5.41) is 18.3. The molecule has 0 fully saturated rings. The molecule has 0 atom stereocenters. The monoisotopic (exact) mass is 288 g/mol. The van der Waals surface area contributed by atoms with E-state index in [-0.39, 0.29) is 17.9 Å². The van der Waals surface area contributed by atoms with Gasteiger partial charge in [0.05, 0.1) is 12.0 Å². The van der Waals surface area contributed by atoms with Crippen LogP contribution in [0.2, 0.25) is 0 Å². The molecule has 2 aromatic rings. The van der Waals surface area contributed by atoms with Gasteiger partial charge in [-0.3, -0.25) is 9.89 Å². The zero-order chi connectivity index (χ0) is 15.1. The fourth-order valence-electron chi connectivity index (χ4n) is 1.95. The fraction of sp³-hybridized carbons (Fsp3) is 0.286. The topological polar surface area (TPSA) is 108 Å². The zero-order valence-electron chi connectivity index (χ0n) is 11.4. The molecular weight excluding hydrogens is 272 g/mol. The number of aryl methyl sites for hydroxylation is 1. The molecule has 0 saturated heterocycles. The number of nitrogens with zero attached hydrogens (tertiary/aromatic N) is 2. The maximum atomic E-state index is 11.8. The molecule has 7 heteroatoms. The van der Waals surface area contributed by atoms with E-state index in [1.807, 2.05) is 0 Å². The Balaban J connectivity index is 1.78. The summed E-state index contributed by atoms with van der Waals surface area (Å²) in [5.74, 6) is -0.439. The summed E-state index contributed by atoms with van der Waals surface area (Å²) in [4.78, 5) is 26.8. The largest absolute Gasteiger partial charge is 0.478 e. The summed E-state index contributed by atoms with van der Waals surface area (Å²) >= 11 is 0. The second-order valence-electron chi connectivity index (χ2n) is 4.52. The van der Waals surface area contributed by atoms with Crippen molar-refractivity contribution in [1.29, 1.82) is 0 Å². The molecule has 110 valence electrons. The van der Waals surface area contributed by atoms with Gasteiger partial charge in [-0.05, 0) is 18.1 Å². The minimum Gasteiger partial charge on any atom is -0.478 e. The smallest absolute Gasteiger partial charge is 0.335 e. The van der Waals surface area contributed by atoms with E-state index in [1.165, 1.54) is 12.4 Å². The van der Waals surface area contributed by atoms with E-state index in [2.05, 4.69) is 20.5 Å². The lowest BCUT2D eigenvalue weighted by Gasteiger charge is -2.07. The van der Waals surface area contributed by atoms with Crippen LogP contribution in [0.4, 0.5) is 0 Å². The van der Waals surface area contributed by atoms with Crippen molar-refractivity contribution in [2.75, 3.05) is 6.54 Å². The predicted molar refractivity (Wildman–Crippen MR) is 74.8 cm³/mol. The summed E-state index contributed by atoms with van der Waals surface area (Å²) in [6.45, 7) is 0.509. The maximum Gasteiger partial charge on any atom is 0.335 e. The molecule has 0 radical (unpaired) electrons. The number of aromatic carboxylic acids is 1. The predicted octanol–water partition coefficient (Wildman–Crippen LogP) is 0.794. The molecule has 0 aliphatic rings. The third kappa shape index (κ3) is 4.41. The van der Waals surface area contributed by atoms with Crippen molar-refractivity contribution in [3.8, 4) is 0 Å². The average Bonchev–Trinajstić information content (AvgIpc) is 2.97.